The van der Waals surface area contributed by atoms with Crippen LogP contribution in [0.2, 0.25) is 10.0 Å². The summed E-state index contributed by atoms with van der Waals surface area (Å²) in [5.74, 6) is 2.25. The van der Waals surface area contributed by atoms with E-state index in [1.54, 1.807) is 13.0 Å². The second-order valence-electron chi connectivity index (χ2n) is 8.12. The van der Waals surface area contributed by atoms with E-state index in [-0.39, 0.29) is 6.03 Å². The predicted molar refractivity (Wildman–Crippen MR) is 100 cm³/mol. The highest BCUT2D eigenvalue weighted by Crippen LogP contribution is 2.48. The molecule has 0 radical (unpaired) electrons. The van der Waals surface area contributed by atoms with Crippen LogP contribution in [0.15, 0.2) is 6.07 Å². The van der Waals surface area contributed by atoms with Crippen LogP contribution in [0.5, 0.6) is 0 Å². The van der Waals surface area contributed by atoms with E-state index in [1.165, 1.54) is 25.7 Å². The van der Waals surface area contributed by atoms with E-state index in [0.29, 0.717) is 41.0 Å². The van der Waals surface area contributed by atoms with Crippen molar-refractivity contribution < 1.29 is 9.90 Å². The summed E-state index contributed by atoms with van der Waals surface area (Å²) in [6.45, 7) is 2.47. The van der Waals surface area contributed by atoms with Crippen LogP contribution >= 0.6 is 23.2 Å². The summed E-state index contributed by atoms with van der Waals surface area (Å²) in [6.07, 6.45) is 6.52. The third kappa shape index (κ3) is 3.13. The number of aliphatic hydroxyl groups is 1. The number of benzene rings is 1. The van der Waals surface area contributed by atoms with Crippen molar-refractivity contribution in [3.05, 3.63) is 27.2 Å². The molecule has 136 valence electrons. The van der Waals surface area contributed by atoms with Gasteiger partial charge in [-0.15, -0.1) is 0 Å². The molecule has 3 N–H and O–H groups in total. The van der Waals surface area contributed by atoms with Crippen LogP contribution in [0, 0.1) is 17.8 Å². The smallest absolute Gasteiger partial charge is 0.319 e. The molecule has 2 amide bonds. The Hall–Kier alpha value is -0.970. The lowest BCUT2D eigenvalue weighted by Gasteiger charge is -2.22. The number of halogens is 2. The van der Waals surface area contributed by atoms with Crippen molar-refractivity contribution in [2.45, 2.75) is 51.0 Å². The fraction of sp³-hybridized carbons (Fsp3) is 0.632. The molecular formula is C19H24Cl2N2O2. The molecule has 3 aliphatic carbocycles. The first-order valence-corrected chi connectivity index (χ1v) is 9.89. The van der Waals surface area contributed by atoms with Crippen molar-refractivity contribution in [3.63, 3.8) is 0 Å². The van der Waals surface area contributed by atoms with Crippen LogP contribution in [0.3, 0.4) is 0 Å². The fourth-order valence-electron chi connectivity index (χ4n) is 5.01. The van der Waals surface area contributed by atoms with Crippen LogP contribution in [0.1, 0.15) is 50.2 Å². The summed E-state index contributed by atoms with van der Waals surface area (Å²) >= 11 is 12.8. The Morgan fingerprint density at radius 1 is 1.36 bits per heavy atom. The second kappa shape index (κ2) is 6.33. The Kier molecular flexibility index (Phi) is 4.41. The first kappa shape index (κ1) is 17.4. The molecule has 4 rings (SSSR count). The molecule has 0 spiro atoms. The summed E-state index contributed by atoms with van der Waals surface area (Å²) in [5.41, 5.74) is 1.16. The molecule has 4 nitrogen and oxygen atoms in total. The highest BCUT2D eigenvalue weighted by atomic mass is 35.5. The zero-order valence-corrected chi connectivity index (χ0v) is 15.9. The summed E-state index contributed by atoms with van der Waals surface area (Å²) in [7, 11) is 0. The highest BCUT2D eigenvalue weighted by Gasteiger charge is 2.39. The van der Waals surface area contributed by atoms with Gasteiger partial charge in [-0.3, -0.25) is 0 Å². The molecule has 6 heteroatoms. The minimum atomic E-state index is -0.912. The molecule has 4 unspecified atom stereocenters. The Labute approximate surface area is 158 Å². The maximum absolute atomic E-state index is 12.3. The Bertz CT molecular complexity index is 720. The van der Waals surface area contributed by atoms with E-state index in [0.717, 1.165) is 23.0 Å². The molecule has 2 saturated carbocycles. The number of rotatable bonds is 3. The molecule has 2 fully saturated rings. The number of hydrogen-bond donors (Lipinski definition) is 3. The normalized spacial score (nSPS) is 32.7. The standard InChI is InChI=1S/C19H24Cl2N2O2/c1-19(25)5-4-13-14(19)8-15(20)17(16(13)21)23-18(24)22-9-12-7-10-2-3-11(12)6-10/h8,10-12,25H,2-7,9H2,1H3,(H2,22,23,24). The van der Waals surface area contributed by atoms with Crippen LogP contribution in [0.25, 0.3) is 0 Å². The average Bonchev–Trinajstić information content (AvgIpc) is 3.25. The van der Waals surface area contributed by atoms with E-state index in [9.17, 15) is 9.90 Å². The molecule has 0 heterocycles. The van der Waals surface area contributed by atoms with Gasteiger partial charge in [0.25, 0.3) is 0 Å². The Morgan fingerprint density at radius 3 is 2.84 bits per heavy atom. The second-order valence-corrected chi connectivity index (χ2v) is 8.90. The monoisotopic (exact) mass is 382 g/mol. The zero-order chi connectivity index (χ0) is 17.8. The number of nitrogens with one attached hydrogen (secondary N) is 2. The topological polar surface area (TPSA) is 61.4 Å². The SMILES string of the molecule is CC1(O)CCc2c1cc(Cl)c(NC(=O)NCC1CC3CCC1C3)c2Cl. The van der Waals surface area contributed by atoms with E-state index in [2.05, 4.69) is 10.6 Å². The first-order chi connectivity index (χ1) is 11.8. The van der Waals surface area contributed by atoms with Gasteiger partial charge in [-0.2, -0.15) is 0 Å². The number of amides is 2. The van der Waals surface area contributed by atoms with Gasteiger partial charge in [0.2, 0.25) is 0 Å². The van der Waals surface area contributed by atoms with Crippen LogP contribution in [-0.4, -0.2) is 17.7 Å². The van der Waals surface area contributed by atoms with Gasteiger partial charge < -0.3 is 15.7 Å². The molecule has 3 aliphatic rings. The van der Waals surface area contributed by atoms with Crippen LogP contribution in [-0.2, 0) is 12.0 Å². The van der Waals surface area contributed by atoms with Gasteiger partial charge in [-0.1, -0.05) is 29.6 Å². The van der Waals surface area contributed by atoms with Gasteiger partial charge in [0.15, 0.2) is 0 Å². The number of anilines is 1. The van der Waals surface area contributed by atoms with Crippen LogP contribution < -0.4 is 10.6 Å². The minimum Gasteiger partial charge on any atom is -0.385 e. The highest BCUT2D eigenvalue weighted by molar-refractivity contribution is 6.40. The molecular weight excluding hydrogens is 359 g/mol. The molecule has 0 aliphatic heterocycles. The Balaban J connectivity index is 1.43. The van der Waals surface area contributed by atoms with E-state index in [4.69, 9.17) is 23.2 Å². The summed E-state index contributed by atoms with van der Waals surface area (Å²) in [4.78, 5) is 12.3. The van der Waals surface area contributed by atoms with Crippen molar-refractivity contribution in [2.75, 3.05) is 11.9 Å². The maximum Gasteiger partial charge on any atom is 0.319 e. The van der Waals surface area contributed by atoms with Crippen molar-refractivity contribution in [1.29, 1.82) is 0 Å². The third-order valence-electron chi connectivity index (χ3n) is 6.41. The average molecular weight is 383 g/mol. The quantitative estimate of drug-likeness (QED) is 0.708. The van der Waals surface area contributed by atoms with E-state index in [1.807, 2.05) is 0 Å². The molecule has 1 aromatic rings. The van der Waals surface area contributed by atoms with Crippen molar-refractivity contribution in [1.82, 2.24) is 5.32 Å². The first-order valence-electron chi connectivity index (χ1n) is 9.13. The third-order valence-corrected chi connectivity index (χ3v) is 7.12. The lowest BCUT2D eigenvalue weighted by Crippen LogP contribution is -2.34. The Morgan fingerprint density at radius 2 is 2.16 bits per heavy atom. The lowest BCUT2D eigenvalue weighted by molar-refractivity contribution is 0.0595. The fourth-order valence-corrected chi connectivity index (χ4v) is 5.66. The van der Waals surface area contributed by atoms with Gasteiger partial charge in [-0.25, -0.2) is 4.79 Å². The van der Waals surface area contributed by atoms with Crippen molar-refractivity contribution in [3.8, 4) is 0 Å². The summed E-state index contributed by atoms with van der Waals surface area (Å²) in [5, 5.41) is 17.0. The van der Waals surface area contributed by atoms with Gasteiger partial charge >= 0.3 is 6.03 Å². The molecule has 25 heavy (non-hydrogen) atoms. The largest absolute Gasteiger partial charge is 0.385 e. The maximum atomic E-state index is 12.3. The van der Waals surface area contributed by atoms with Gasteiger partial charge in [0.1, 0.15) is 0 Å². The molecule has 4 atom stereocenters. The van der Waals surface area contributed by atoms with Crippen molar-refractivity contribution in [2.24, 2.45) is 17.8 Å². The summed E-state index contributed by atoms with van der Waals surface area (Å²) in [6, 6.07) is 1.46. The molecule has 0 saturated heterocycles. The predicted octanol–water partition coefficient (Wildman–Crippen LogP) is 4.70. The van der Waals surface area contributed by atoms with Gasteiger partial charge in [-0.05, 0) is 74.0 Å². The molecule has 0 aromatic heterocycles. The molecule has 1 aromatic carbocycles. The van der Waals surface area contributed by atoms with E-state index >= 15 is 0 Å². The van der Waals surface area contributed by atoms with Crippen LogP contribution in [0.4, 0.5) is 10.5 Å². The van der Waals surface area contributed by atoms with Gasteiger partial charge in [0, 0.05) is 6.54 Å². The van der Waals surface area contributed by atoms with Gasteiger partial charge in [0.05, 0.1) is 21.3 Å². The zero-order valence-electron chi connectivity index (χ0n) is 14.4. The number of hydrogen-bond acceptors (Lipinski definition) is 2. The molecule has 2 bridgehead atoms. The lowest BCUT2D eigenvalue weighted by atomic mass is 9.89. The van der Waals surface area contributed by atoms with E-state index < -0.39 is 5.60 Å². The number of fused-ring (bicyclic) bond motifs is 3. The number of carbonyl (C=O) groups is 1. The minimum absolute atomic E-state index is 0.267. The summed E-state index contributed by atoms with van der Waals surface area (Å²) < 4.78 is 0. The van der Waals surface area contributed by atoms with Crippen molar-refractivity contribution >= 4 is 34.9 Å². The number of carbonyl (C=O) groups excluding carboxylic acids is 1. The number of urea groups is 1.